The van der Waals surface area contributed by atoms with Crippen LogP contribution in [0.25, 0.3) is 21.6 Å². The molecule has 0 saturated carbocycles. The molecule has 126 valence electrons. The summed E-state index contributed by atoms with van der Waals surface area (Å²) in [5, 5.41) is 12.5. The van der Waals surface area contributed by atoms with E-state index in [0.717, 1.165) is 21.7 Å². The molecule has 0 saturated heterocycles. The van der Waals surface area contributed by atoms with Crippen LogP contribution in [0.3, 0.4) is 0 Å². The van der Waals surface area contributed by atoms with Crippen LogP contribution in [0.15, 0.2) is 35.2 Å². The number of anilines is 1. The van der Waals surface area contributed by atoms with Crippen molar-refractivity contribution in [1.82, 2.24) is 19.7 Å². The summed E-state index contributed by atoms with van der Waals surface area (Å²) in [4.78, 5) is 22.9. The van der Waals surface area contributed by atoms with E-state index in [4.69, 9.17) is 4.98 Å². The summed E-state index contributed by atoms with van der Waals surface area (Å²) in [6.07, 6.45) is 1.70. The number of aryl methyl sites for hydroxylation is 2. The first-order valence-corrected chi connectivity index (χ1v) is 9.55. The monoisotopic (exact) mass is 369 g/mol. The van der Waals surface area contributed by atoms with Crippen LogP contribution in [0.4, 0.5) is 5.13 Å². The van der Waals surface area contributed by atoms with Crippen molar-refractivity contribution in [3.8, 4) is 10.6 Å². The van der Waals surface area contributed by atoms with Crippen molar-refractivity contribution in [1.29, 1.82) is 0 Å². The molecule has 25 heavy (non-hydrogen) atoms. The van der Waals surface area contributed by atoms with Gasteiger partial charge >= 0.3 is 0 Å². The zero-order valence-electron chi connectivity index (χ0n) is 13.7. The third kappa shape index (κ3) is 2.94. The normalized spacial score (nSPS) is 11.1. The molecule has 0 aliphatic carbocycles. The number of carbonyl (C=O) groups is 1. The first kappa shape index (κ1) is 15.9. The molecule has 4 aromatic rings. The van der Waals surface area contributed by atoms with Crippen LogP contribution in [0.2, 0.25) is 0 Å². The van der Waals surface area contributed by atoms with Crippen molar-refractivity contribution in [3.05, 3.63) is 46.4 Å². The van der Waals surface area contributed by atoms with Crippen molar-refractivity contribution in [2.45, 2.75) is 20.4 Å². The number of rotatable bonds is 4. The molecule has 0 unspecified atom stereocenters. The predicted octanol–water partition coefficient (Wildman–Crippen LogP) is 4.20. The number of thiophene rings is 1. The molecule has 4 aromatic heterocycles. The Kier molecular flexibility index (Phi) is 4.06. The van der Waals surface area contributed by atoms with Gasteiger partial charge < -0.3 is 0 Å². The summed E-state index contributed by atoms with van der Waals surface area (Å²) >= 11 is 3.01. The number of nitrogens with one attached hydrogen (secondary N) is 1. The van der Waals surface area contributed by atoms with Crippen LogP contribution in [0.1, 0.15) is 23.0 Å². The highest BCUT2D eigenvalue weighted by atomic mass is 32.1. The topological polar surface area (TPSA) is 72.7 Å². The van der Waals surface area contributed by atoms with Gasteiger partial charge in [0.25, 0.3) is 5.91 Å². The number of nitrogens with zero attached hydrogens (tertiary/aromatic N) is 4. The van der Waals surface area contributed by atoms with Gasteiger partial charge in [-0.05, 0) is 31.4 Å². The number of aromatic nitrogens is 4. The highest BCUT2D eigenvalue weighted by Crippen LogP contribution is 2.28. The van der Waals surface area contributed by atoms with E-state index in [0.29, 0.717) is 22.9 Å². The first-order valence-electron chi connectivity index (χ1n) is 7.79. The Hall–Kier alpha value is -2.58. The van der Waals surface area contributed by atoms with Crippen LogP contribution in [-0.4, -0.2) is 25.7 Å². The summed E-state index contributed by atoms with van der Waals surface area (Å²) < 4.78 is 1.80. The number of thiazole rings is 1. The van der Waals surface area contributed by atoms with Gasteiger partial charge in [-0.25, -0.2) is 14.6 Å². The standard InChI is InChI=1S/C17H15N5OS2/c1-3-22-15-12(8-18-22)11(7-13(20-15)14-5-4-6-24-14)16(23)21-17-19-10(2)9-25-17/h4-9H,3H2,1-2H3,(H,19,21,23). The van der Waals surface area contributed by atoms with E-state index in [1.54, 1.807) is 22.2 Å². The fourth-order valence-corrected chi connectivity index (χ4v) is 3.96. The van der Waals surface area contributed by atoms with Crippen molar-refractivity contribution in [3.63, 3.8) is 0 Å². The molecule has 0 aromatic carbocycles. The van der Waals surface area contributed by atoms with Gasteiger partial charge in [-0.15, -0.1) is 22.7 Å². The minimum absolute atomic E-state index is 0.199. The third-order valence-corrected chi connectivity index (χ3v) is 5.53. The summed E-state index contributed by atoms with van der Waals surface area (Å²) in [5.41, 5.74) is 2.94. The van der Waals surface area contributed by atoms with E-state index in [-0.39, 0.29) is 5.91 Å². The SMILES string of the molecule is CCn1ncc2c(C(=O)Nc3nc(C)cs3)cc(-c3cccs3)nc21. The minimum atomic E-state index is -0.199. The van der Waals surface area contributed by atoms with Crippen molar-refractivity contribution >= 4 is 44.7 Å². The predicted molar refractivity (Wildman–Crippen MR) is 101 cm³/mol. The average Bonchev–Trinajstić information content (AvgIpc) is 3.34. The Labute approximate surface area is 152 Å². The second-order valence-electron chi connectivity index (χ2n) is 5.48. The van der Waals surface area contributed by atoms with Gasteiger partial charge in [-0.1, -0.05) is 6.07 Å². The summed E-state index contributed by atoms with van der Waals surface area (Å²) in [5.74, 6) is -0.199. The maximum atomic E-state index is 12.9. The molecule has 0 aliphatic rings. The average molecular weight is 369 g/mol. The molecular formula is C17H15N5OS2. The molecule has 6 nitrogen and oxygen atoms in total. The van der Waals surface area contributed by atoms with Crippen LogP contribution < -0.4 is 5.32 Å². The molecule has 8 heteroatoms. The van der Waals surface area contributed by atoms with Gasteiger partial charge in [0.05, 0.1) is 33.4 Å². The van der Waals surface area contributed by atoms with Gasteiger partial charge in [0, 0.05) is 11.9 Å². The fourth-order valence-electron chi connectivity index (χ4n) is 2.59. The lowest BCUT2D eigenvalue weighted by Crippen LogP contribution is -2.13. The maximum Gasteiger partial charge on any atom is 0.258 e. The molecule has 0 atom stereocenters. The molecule has 0 aliphatic heterocycles. The Bertz CT molecular complexity index is 1050. The molecule has 4 heterocycles. The second kappa shape index (κ2) is 6.38. The van der Waals surface area contributed by atoms with Gasteiger partial charge in [0.15, 0.2) is 10.8 Å². The van der Waals surface area contributed by atoms with E-state index >= 15 is 0 Å². The smallest absolute Gasteiger partial charge is 0.258 e. The van der Waals surface area contributed by atoms with Gasteiger partial charge in [-0.3, -0.25) is 10.1 Å². The molecule has 0 fully saturated rings. The lowest BCUT2D eigenvalue weighted by atomic mass is 10.1. The second-order valence-corrected chi connectivity index (χ2v) is 7.28. The number of amides is 1. The number of hydrogen-bond acceptors (Lipinski definition) is 6. The molecule has 1 amide bonds. The van der Waals surface area contributed by atoms with Crippen LogP contribution in [0.5, 0.6) is 0 Å². The van der Waals surface area contributed by atoms with E-state index in [1.807, 2.05) is 42.8 Å². The van der Waals surface area contributed by atoms with Crippen molar-refractivity contribution in [2.75, 3.05) is 5.32 Å². The van der Waals surface area contributed by atoms with Gasteiger partial charge in [-0.2, -0.15) is 5.10 Å². The zero-order valence-corrected chi connectivity index (χ0v) is 15.3. The summed E-state index contributed by atoms with van der Waals surface area (Å²) in [6.45, 7) is 4.60. The largest absolute Gasteiger partial charge is 0.298 e. The molecule has 4 rings (SSSR count). The molecule has 0 radical (unpaired) electrons. The third-order valence-electron chi connectivity index (χ3n) is 3.77. The first-order chi connectivity index (χ1) is 12.2. The van der Waals surface area contributed by atoms with E-state index in [9.17, 15) is 4.79 Å². The van der Waals surface area contributed by atoms with Crippen LogP contribution in [0, 0.1) is 6.92 Å². The highest BCUT2D eigenvalue weighted by molar-refractivity contribution is 7.14. The molecule has 1 N–H and O–H groups in total. The van der Waals surface area contributed by atoms with E-state index in [2.05, 4.69) is 15.4 Å². The van der Waals surface area contributed by atoms with E-state index < -0.39 is 0 Å². The lowest BCUT2D eigenvalue weighted by Gasteiger charge is -2.07. The number of carbonyl (C=O) groups excluding carboxylic acids is 1. The van der Waals surface area contributed by atoms with Crippen molar-refractivity contribution < 1.29 is 4.79 Å². The van der Waals surface area contributed by atoms with Crippen LogP contribution >= 0.6 is 22.7 Å². The van der Waals surface area contributed by atoms with Gasteiger partial charge in [0.2, 0.25) is 0 Å². The summed E-state index contributed by atoms with van der Waals surface area (Å²) in [6, 6.07) is 5.80. The Morgan fingerprint density at radius 2 is 2.20 bits per heavy atom. The Balaban J connectivity index is 1.83. The minimum Gasteiger partial charge on any atom is -0.298 e. The van der Waals surface area contributed by atoms with E-state index in [1.165, 1.54) is 11.3 Å². The van der Waals surface area contributed by atoms with Crippen LogP contribution in [-0.2, 0) is 6.54 Å². The fraction of sp³-hybridized carbons (Fsp3) is 0.176. The maximum absolute atomic E-state index is 12.9. The Morgan fingerprint density at radius 1 is 1.32 bits per heavy atom. The zero-order chi connectivity index (χ0) is 17.4. The lowest BCUT2D eigenvalue weighted by molar-refractivity contribution is 0.102. The quantitative estimate of drug-likeness (QED) is 0.585. The molecule has 0 bridgehead atoms. The number of hydrogen-bond donors (Lipinski definition) is 1. The summed E-state index contributed by atoms with van der Waals surface area (Å²) in [7, 11) is 0. The van der Waals surface area contributed by atoms with Gasteiger partial charge in [0.1, 0.15) is 0 Å². The van der Waals surface area contributed by atoms with Crippen molar-refractivity contribution in [2.24, 2.45) is 0 Å². The highest BCUT2D eigenvalue weighted by Gasteiger charge is 2.18. The molecular weight excluding hydrogens is 354 g/mol. The number of pyridine rings is 1. The Morgan fingerprint density at radius 3 is 2.88 bits per heavy atom. The number of fused-ring (bicyclic) bond motifs is 1. The molecule has 0 spiro atoms.